The molecular weight excluding hydrogens is 610 g/mol. The van der Waals surface area contributed by atoms with Gasteiger partial charge >= 0.3 is 12.1 Å². The van der Waals surface area contributed by atoms with Crippen LogP contribution in [0.15, 0.2) is 51.7 Å². The number of morpholine rings is 1. The molecule has 12 heteroatoms. The van der Waals surface area contributed by atoms with E-state index in [2.05, 4.69) is 0 Å². The maximum absolute atomic E-state index is 14.5. The number of fused-ring (bicyclic) bond motifs is 1. The van der Waals surface area contributed by atoms with E-state index in [0.717, 1.165) is 11.1 Å². The van der Waals surface area contributed by atoms with Crippen molar-refractivity contribution in [2.24, 2.45) is 0 Å². The number of carbonyl (C=O) groups excluding carboxylic acids is 1. The van der Waals surface area contributed by atoms with Gasteiger partial charge in [-0.15, -0.1) is 0 Å². The van der Waals surface area contributed by atoms with E-state index < -0.39 is 29.1 Å². The molecule has 43 heavy (non-hydrogen) atoms. The third-order valence-corrected chi connectivity index (χ3v) is 7.70. The van der Waals surface area contributed by atoms with Gasteiger partial charge < -0.3 is 18.6 Å². The number of carbonyl (C=O) groups is 1. The van der Waals surface area contributed by atoms with Crippen LogP contribution < -0.4 is 14.9 Å². The maximum atomic E-state index is 14.5. The summed E-state index contributed by atoms with van der Waals surface area (Å²) >= 11 is 12.1. The standard InChI is InChI=1S/C31H26Cl2F3NO6/c1-16-12-17(2)18(3)25(13-16)41-28-26(38)21-6-7-24(42-30(39)20-5-4-19(32)14-23(20)33)22(15-37-8-10-40-11-9-37)27(21)43-29(28)31(34,35)36/h4-7,12-14H,8-11,15H2,1-3H3. The summed E-state index contributed by atoms with van der Waals surface area (Å²) in [5.74, 6) is -3.44. The second-order valence-corrected chi connectivity index (χ2v) is 11.1. The Morgan fingerprint density at radius 3 is 2.40 bits per heavy atom. The lowest BCUT2D eigenvalue weighted by Crippen LogP contribution is -2.36. The third-order valence-electron chi connectivity index (χ3n) is 7.15. The van der Waals surface area contributed by atoms with E-state index in [1.165, 1.54) is 30.3 Å². The highest BCUT2D eigenvalue weighted by Gasteiger charge is 2.41. The Bertz CT molecular complexity index is 1780. The molecule has 0 atom stereocenters. The molecule has 0 saturated carbocycles. The van der Waals surface area contributed by atoms with Crippen molar-refractivity contribution in [2.75, 3.05) is 26.3 Å². The Morgan fingerprint density at radius 1 is 1.00 bits per heavy atom. The van der Waals surface area contributed by atoms with Crippen molar-refractivity contribution in [3.8, 4) is 17.2 Å². The molecule has 0 N–H and O–H groups in total. The SMILES string of the molecule is Cc1cc(C)c(C)c(Oc2c(C(F)(F)F)oc3c(CN4CCOCC4)c(OC(=O)c4ccc(Cl)cc4Cl)ccc3c2=O)c1. The molecule has 2 heterocycles. The zero-order chi connectivity index (χ0) is 31.1. The van der Waals surface area contributed by atoms with Gasteiger partial charge in [0, 0.05) is 24.7 Å². The second-order valence-electron chi connectivity index (χ2n) is 10.2. The van der Waals surface area contributed by atoms with E-state index in [9.17, 15) is 22.8 Å². The number of halogens is 5. The van der Waals surface area contributed by atoms with Gasteiger partial charge in [0.15, 0.2) is 0 Å². The van der Waals surface area contributed by atoms with Gasteiger partial charge in [-0.25, -0.2) is 4.79 Å². The molecule has 1 aromatic heterocycles. The Morgan fingerprint density at radius 2 is 1.72 bits per heavy atom. The number of alkyl halides is 3. The van der Waals surface area contributed by atoms with Gasteiger partial charge in [0.05, 0.1) is 34.7 Å². The molecule has 0 radical (unpaired) electrons. The van der Waals surface area contributed by atoms with Gasteiger partial charge in [0.1, 0.15) is 17.1 Å². The molecule has 0 amide bonds. The fourth-order valence-corrected chi connectivity index (χ4v) is 5.30. The van der Waals surface area contributed by atoms with Crippen LogP contribution in [0.5, 0.6) is 17.2 Å². The molecule has 1 fully saturated rings. The van der Waals surface area contributed by atoms with Crippen LogP contribution in [0.1, 0.15) is 38.4 Å². The van der Waals surface area contributed by atoms with Crippen LogP contribution in [0.25, 0.3) is 11.0 Å². The van der Waals surface area contributed by atoms with Gasteiger partial charge in [-0.1, -0.05) is 29.3 Å². The fourth-order valence-electron chi connectivity index (χ4n) is 4.81. The quantitative estimate of drug-likeness (QED) is 0.157. The summed E-state index contributed by atoms with van der Waals surface area (Å²) in [6, 6.07) is 10.2. The summed E-state index contributed by atoms with van der Waals surface area (Å²) in [7, 11) is 0. The maximum Gasteiger partial charge on any atom is 0.453 e. The number of esters is 1. The van der Waals surface area contributed by atoms with Gasteiger partial charge in [-0.05, 0) is 73.9 Å². The molecule has 3 aromatic carbocycles. The van der Waals surface area contributed by atoms with E-state index in [1.54, 1.807) is 26.8 Å². The van der Waals surface area contributed by atoms with Crippen LogP contribution in [0.3, 0.4) is 0 Å². The lowest BCUT2D eigenvalue weighted by atomic mass is 10.1. The van der Waals surface area contributed by atoms with Gasteiger partial charge in [0.2, 0.25) is 11.2 Å². The van der Waals surface area contributed by atoms with Crippen molar-refractivity contribution < 1.29 is 36.6 Å². The molecule has 0 aliphatic carbocycles. The van der Waals surface area contributed by atoms with Gasteiger partial charge in [0.25, 0.3) is 5.76 Å². The summed E-state index contributed by atoms with van der Waals surface area (Å²) in [5.41, 5.74) is 0.790. The van der Waals surface area contributed by atoms with Crippen LogP contribution in [0, 0.1) is 20.8 Å². The molecule has 1 aliphatic rings. The van der Waals surface area contributed by atoms with E-state index in [4.69, 9.17) is 41.8 Å². The topological polar surface area (TPSA) is 78.2 Å². The van der Waals surface area contributed by atoms with Crippen molar-refractivity contribution in [1.82, 2.24) is 4.90 Å². The molecule has 0 bridgehead atoms. The van der Waals surface area contributed by atoms with E-state index >= 15 is 0 Å². The van der Waals surface area contributed by atoms with E-state index in [-0.39, 0.29) is 45.2 Å². The molecule has 0 unspecified atom stereocenters. The van der Waals surface area contributed by atoms with Gasteiger partial charge in [-0.2, -0.15) is 13.2 Å². The summed E-state index contributed by atoms with van der Waals surface area (Å²) in [4.78, 5) is 28.7. The van der Waals surface area contributed by atoms with Crippen molar-refractivity contribution in [3.63, 3.8) is 0 Å². The molecule has 226 valence electrons. The van der Waals surface area contributed by atoms with Crippen LogP contribution in [-0.2, 0) is 17.5 Å². The van der Waals surface area contributed by atoms with E-state index in [1.807, 2.05) is 11.0 Å². The zero-order valence-corrected chi connectivity index (χ0v) is 24.9. The highest BCUT2D eigenvalue weighted by Crippen LogP contribution is 2.41. The minimum atomic E-state index is -5.09. The van der Waals surface area contributed by atoms with Crippen molar-refractivity contribution >= 4 is 40.1 Å². The first-order chi connectivity index (χ1) is 20.3. The summed E-state index contributed by atoms with van der Waals surface area (Å²) in [5, 5.41) is 0.163. The molecule has 4 aromatic rings. The predicted octanol–water partition coefficient (Wildman–Crippen LogP) is 7.89. The van der Waals surface area contributed by atoms with Crippen LogP contribution >= 0.6 is 23.2 Å². The predicted molar refractivity (Wildman–Crippen MR) is 156 cm³/mol. The average Bonchev–Trinajstić information content (AvgIpc) is 2.93. The number of ether oxygens (including phenoxy) is 3. The Labute approximate surface area is 254 Å². The Balaban J connectivity index is 1.68. The second kappa shape index (κ2) is 12.2. The van der Waals surface area contributed by atoms with E-state index in [0.29, 0.717) is 36.9 Å². The zero-order valence-electron chi connectivity index (χ0n) is 23.4. The lowest BCUT2D eigenvalue weighted by molar-refractivity contribution is -0.154. The summed E-state index contributed by atoms with van der Waals surface area (Å²) in [6.45, 7) is 6.96. The molecule has 7 nitrogen and oxygen atoms in total. The highest BCUT2D eigenvalue weighted by molar-refractivity contribution is 6.36. The van der Waals surface area contributed by atoms with Crippen molar-refractivity contribution in [1.29, 1.82) is 0 Å². The third kappa shape index (κ3) is 6.52. The number of nitrogens with zero attached hydrogens (tertiary/aromatic N) is 1. The number of aryl methyl sites for hydroxylation is 2. The Hall–Kier alpha value is -3.57. The number of hydrogen-bond donors (Lipinski definition) is 0. The first-order valence-electron chi connectivity index (χ1n) is 13.3. The van der Waals surface area contributed by atoms with Crippen molar-refractivity contribution in [3.05, 3.63) is 96.3 Å². The minimum Gasteiger partial charge on any atom is -0.449 e. The molecule has 5 rings (SSSR count). The summed E-state index contributed by atoms with van der Waals surface area (Å²) in [6.07, 6.45) is -5.09. The first-order valence-corrected chi connectivity index (χ1v) is 14.0. The average molecular weight is 636 g/mol. The van der Waals surface area contributed by atoms with Crippen LogP contribution in [0.4, 0.5) is 13.2 Å². The molecule has 0 spiro atoms. The highest BCUT2D eigenvalue weighted by atomic mass is 35.5. The molecule has 1 saturated heterocycles. The van der Waals surface area contributed by atoms with Crippen LogP contribution in [-0.4, -0.2) is 37.2 Å². The number of benzene rings is 3. The monoisotopic (exact) mass is 635 g/mol. The first kappa shape index (κ1) is 30.9. The lowest BCUT2D eigenvalue weighted by Gasteiger charge is -2.27. The Kier molecular flexibility index (Phi) is 8.76. The largest absolute Gasteiger partial charge is 0.453 e. The van der Waals surface area contributed by atoms with Crippen molar-refractivity contribution in [2.45, 2.75) is 33.5 Å². The number of hydrogen-bond acceptors (Lipinski definition) is 7. The summed E-state index contributed by atoms with van der Waals surface area (Å²) < 4.78 is 65.6. The van der Waals surface area contributed by atoms with Crippen LogP contribution in [0.2, 0.25) is 10.0 Å². The fraction of sp³-hybridized carbons (Fsp3) is 0.290. The van der Waals surface area contributed by atoms with Gasteiger partial charge in [-0.3, -0.25) is 9.69 Å². The minimum absolute atomic E-state index is 0.00603. The molecule has 1 aliphatic heterocycles. The smallest absolute Gasteiger partial charge is 0.449 e. The molecular formula is C31H26Cl2F3NO6. The normalized spacial score (nSPS) is 14.2. The number of rotatable bonds is 6.